The molecule has 4 aromatic rings. The quantitative estimate of drug-likeness (QED) is 0.243. The second-order valence-electron chi connectivity index (χ2n) is 9.85. The molecule has 1 amide bonds. The van der Waals surface area contributed by atoms with Gasteiger partial charge in [0.05, 0.1) is 42.2 Å². The van der Waals surface area contributed by atoms with E-state index in [2.05, 4.69) is 0 Å². The van der Waals surface area contributed by atoms with Crippen LogP contribution in [0.15, 0.2) is 65.5 Å². The number of benzene rings is 3. The highest BCUT2D eigenvalue weighted by molar-refractivity contribution is 6.42. The van der Waals surface area contributed by atoms with Crippen LogP contribution < -0.4 is 15.2 Å². The van der Waals surface area contributed by atoms with Crippen molar-refractivity contribution in [3.05, 3.63) is 109 Å². The highest BCUT2D eigenvalue weighted by Gasteiger charge is 2.32. The SMILES string of the molecule is COc1ccc(-n2c(C(=O)CCc3ccc(OC)c(C)c3)c3n(c2=O)CCN(C(=O)c2ccc(Cl)c(Cl)c2)C3)cc1. The monoisotopic (exact) mass is 593 g/mol. The van der Waals surface area contributed by atoms with Gasteiger partial charge >= 0.3 is 5.69 Å². The smallest absolute Gasteiger partial charge is 0.333 e. The largest absolute Gasteiger partial charge is 0.497 e. The van der Waals surface area contributed by atoms with Crippen molar-refractivity contribution in [2.45, 2.75) is 32.9 Å². The molecule has 1 aromatic heterocycles. The van der Waals surface area contributed by atoms with Crippen molar-refractivity contribution in [1.82, 2.24) is 14.0 Å². The molecule has 0 atom stereocenters. The highest BCUT2D eigenvalue weighted by atomic mass is 35.5. The van der Waals surface area contributed by atoms with Gasteiger partial charge in [-0.3, -0.25) is 18.7 Å². The molecule has 8 nitrogen and oxygen atoms in total. The predicted molar refractivity (Wildman–Crippen MR) is 158 cm³/mol. The van der Waals surface area contributed by atoms with Crippen LogP contribution in [0.25, 0.3) is 5.69 Å². The zero-order valence-electron chi connectivity index (χ0n) is 22.9. The Kier molecular flexibility index (Phi) is 8.24. The van der Waals surface area contributed by atoms with E-state index < -0.39 is 0 Å². The molecule has 0 bridgehead atoms. The molecule has 0 saturated carbocycles. The minimum Gasteiger partial charge on any atom is -0.497 e. The molecule has 0 spiro atoms. The van der Waals surface area contributed by atoms with Crippen molar-refractivity contribution in [3.8, 4) is 17.2 Å². The Morgan fingerprint density at radius 1 is 0.902 bits per heavy atom. The van der Waals surface area contributed by atoms with Crippen molar-refractivity contribution in [2.75, 3.05) is 20.8 Å². The lowest BCUT2D eigenvalue weighted by Gasteiger charge is -2.28. The normalized spacial score (nSPS) is 12.7. The number of ether oxygens (including phenoxy) is 2. The summed E-state index contributed by atoms with van der Waals surface area (Å²) in [6.45, 7) is 2.61. The van der Waals surface area contributed by atoms with E-state index in [0.29, 0.717) is 40.7 Å². The fraction of sp³-hybridized carbons (Fsp3) is 0.258. The topological polar surface area (TPSA) is 82.8 Å². The Labute approximate surface area is 247 Å². The molecule has 2 heterocycles. The second kappa shape index (κ2) is 11.8. The maximum Gasteiger partial charge on any atom is 0.333 e. The number of Topliss-reactive ketones (excluding diaryl/α,β-unsaturated/α-hetero) is 1. The Bertz CT molecular complexity index is 1690. The first-order chi connectivity index (χ1) is 19.7. The van der Waals surface area contributed by atoms with Gasteiger partial charge in [-0.2, -0.15) is 0 Å². The third-order valence-corrected chi connectivity index (χ3v) is 8.07. The molecule has 0 aliphatic carbocycles. The van der Waals surface area contributed by atoms with Crippen molar-refractivity contribution >= 4 is 34.9 Å². The summed E-state index contributed by atoms with van der Waals surface area (Å²) < 4.78 is 13.7. The Hall–Kier alpha value is -4.01. The van der Waals surface area contributed by atoms with Gasteiger partial charge in [0.25, 0.3) is 5.91 Å². The second-order valence-corrected chi connectivity index (χ2v) is 10.7. The molecule has 0 N–H and O–H groups in total. The van der Waals surface area contributed by atoms with Gasteiger partial charge in [0, 0.05) is 25.1 Å². The minimum atomic E-state index is -0.324. The molecule has 5 rings (SSSR count). The third kappa shape index (κ3) is 5.62. The molecular formula is C31H29Cl2N3O5. The van der Waals surface area contributed by atoms with Crippen molar-refractivity contribution in [3.63, 3.8) is 0 Å². The van der Waals surface area contributed by atoms with Gasteiger partial charge in [-0.15, -0.1) is 0 Å². The average Bonchev–Trinajstić information content (AvgIpc) is 3.28. The van der Waals surface area contributed by atoms with E-state index in [-0.39, 0.29) is 47.6 Å². The van der Waals surface area contributed by atoms with Gasteiger partial charge < -0.3 is 14.4 Å². The number of aryl methyl sites for hydroxylation is 2. The van der Waals surface area contributed by atoms with Crippen molar-refractivity contribution < 1.29 is 19.1 Å². The van der Waals surface area contributed by atoms with Crippen LogP contribution in [0.5, 0.6) is 11.5 Å². The molecule has 212 valence electrons. The summed E-state index contributed by atoms with van der Waals surface area (Å²) in [5, 5.41) is 0.633. The summed E-state index contributed by atoms with van der Waals surface area (Å²) in [7, 11) is 3.18. The fourth-order valence-corrected chi connectivity index (χ4v) is 5.47. The van der Waals surface area contributed by atoms with Crippen LogP contribution in [0.1, 0.15) is 44.1 Å². The number of methoxy groups -OCH3 is 2. The summed E-state index contributed by atoms with van der Waals surface area (Å²) in [5.74, 6) is 0.962. The first kappa shape index (κ1) is 28.5. The maximum absolute atomic E-state index is 13.9. The standard InChI is InChI=1S/C31H29Cl2N3O5/c1-19-16-20(5-13-28(19)41-3)4-12-27(37)29-26-18-34(30(38)21-6-11-24(32)25(33)17-21)14-15-35(26)31(39)36(29)22-7-9-23(40-2)10-8-22/h5-11,13,16-17H,4,12,14-15,18H2,1-3H3. The molecule has 0 unspecified atom stereocenters. The van der Waals surface area contributed by atoms with Gasteiger partial charge in [0.1, 0.15) is 17.2 Å². The average molecular weight is 594 g/mol. The van der Waals surface area contributed by atoms with Crippen molar-refractivity contribution in [2.24, 2.45) is 0 Å². The number of ketones is 1. The van der Waals surface area contributed by atoms with Crippen LogP contribution in [0, 0.1) is 6.92 Å². The Balaban J connectivity index is 1.52. The number of hydrogen-bond donors (Lipinski definition) is 0. The summed E-state index contributed by atoms with van der Waals surface area (Å²) >= 11 is 12.2. The first-order valence-electron chi connectivity index (χ1n) is 13.1. The number of fused-ring (bicyclic) bond motifs is 1. The zero-order chi connectivity index (χ0) is 29.3. The Morgan fingerprint density at radius 3 is 2.32 bits per heavy atom. The fourth-order valence-electron chi connectivity index (χ4n) is 5.17. The molecular weight excluding hydrogens is 565 g/mol. The van der Waals surface area contributed by atoms with E-state index in [1.807, 2.05) is 25.1 Å². The zero-order valence-corrected chi connectivity index (χ0v) is 24.5. The van der Waals surface area contributed by atoms with Gasteiger partial charge in [-0.1, -0.05) is 35.3 Å². The molecule has 0 fully saturated rings. The molecule has 41 heavy (non-hydrogen) atoms. The number of aromatic nitrogens is 2. The number of imidazole rings is 1. The van der Waals surface area contributed by atoms with E-state index in [1.165, 1.54) is 10.6 Å². The van der Waals surface area contributed by atoms with Crippen LogP contribution in [0.4, 0.5) is 0 Å². The van der Waals surface area contributed by atoms with Gasteiger partial charge in [-0.25, -0.2) is 4.79 Å². The molecule has 10 heteroatoms. The number of nitrogens with zero attached hydrogens (tertiary/aromatic N) is 3. The van der Waals surface area contributed by atoms with Gasteiger partial charge in [0.15, 0.2) is 5.78 Å². The van der Waals surface area contributed by atoms with Crippen LogP contribution in [-0.2, 0) is 19.5 Å². The van der Waals surface area contributed by atoms with Crippen LogP contribution >= 0.6 is 23.2 Å². The van der Waals surface area contributed by atoms with Gasteiger partial charge in [-0.05, 0) is 73.0 Å². The highest BCUT2D eigenvalue weighted by Crippen LogP contribution is 2.27. The van der Waals surface area contributed by atoms with E-state index in [1.54, 1.807) is 60.1 Å². The summed E-state index contributed by atoms with van der Waals surface area (Å²) in [6, 6.07) is 17.5. The number of carbonyl (C=O) groups excluding carboxylic acids is 2. The van der Waals surface area contributed by atoms with Crippen molar-refractivity contribution in [1.29, 1.82) is 0 Å². The number of halogens is 2. The molecule has 0 saturated heterocycles. The maximum atomic E-state index is 13.9. The summed E-state index contributed by atoms with van der Waals surface area (Å²) in [6.07, 6.45) is 0.663. The molecule has 1 aliphatic heterocycles. The number of hydrogen-bond acceptors (Lipinski definition) is 5. The van der Waals surface area contributed by atoms with Gasteiger partial charge in [0.2, 0.25) is 0 Å². The predicted octanol–water partition coefficient (Wildman–Crippen LogP) is 5.74. The van der Waals surface area contributed by atoms with E-state index >= 15 is 0 Å². The number of amides is 1. The van der Waals surface area contributed by atoms with E-state index in [9.17, 15) is 14.4 Å². The van der Waals surface area contributed by atoms with Crippen LogP contribution in [-0.4, -0.2) is 46.5 Å². The van der Waals surface area contributed by atoms with E-state index in [4.69, 9.17) is 32.7 Å². The lowest BCUT2D eigenvalue weighted by molar-refractivity contribution is 0.0707. The molecule has 1 aliphatic rings. The minimum absolute atomic E-state index is 0.0974. The number of carbonyl (C=O) groups is 2. The third-order valence-electron chi connectivity index (χ3n) is 7.33. The Morgan fingerprint density at radius 2 is 1.66 bits per heavy atom. The lowest BCUT2D eigenvalue weighted by Crippen LogP contribution is -2.41. The van der Waals surface area contributed by atoms with Crippen LogP contribution in [0.3, 0.4) is 0 Å². The van der Waals surface area contributed by atoms with E-state index in [0.717, 1.165) is 16.9 Å². The molecule has 3 aromatic carbocycles. The number of rotatable bonds is 8. The first-order valence-corrected chi connectivity index (χ1v) is 13.9. The van der Waals surface area contributed by atoms with Crippen LogP contribution in [0.2, 0.25) is 10.0 Å². The summed E-state index contributed by atoms with van der Waals surface area (Å²) in [4.78, 5) is 42.6. The summed E-state index contributed by atoms with van der Waals surface area (Å²) in [5.41, 5.74) is 3.34. The lowest BCUT2D eigenvalue weighted by atomic mass is 10.0. The molecule has 0 radical (unpaired) electrons.